The molecule has 2 atom stereocenters. The number of benzene rings is 1. The minimum atomic E-state index is -0.231. The fourth-order valence-electron chi connectivity index (χ4n) is 3.74. The minimum Gasteiger partial charge on any atom is -0.486 e. The number of pyridine rings is 1. The van der Waals surface area contributed by atoms with Gasteiger partial charge >= 0.3 is 0 Å². The molecule has 2 N–H and O–H groups in total. The second kappa shape index (κ2) is 9.98. The number of carbonyl (C=O) groups excluding carboxylic acids is 2. The molecule has 2 aliphatic heterocycles. The maximum atomic E-state index is 12.6. The van der Waals surface area contributed by atoms with Crippen molar-refractivity contribution in [3.8, 4) is 11.5 Å². The Morgan fingerprint density at radius 3 is 2.84 bits per heavy atom. The predicted octanol–water partition coefficient (Wildman–Crippen LogP) is 2.34. The monoisotopic (exact) mass is 444 g/mol. The SMILES string of the molecule is O=C(CN1CCCC(C(=O)Nc2ccc(Cl)cn2)C1)NCC1COc2ccccc2O1. The molecule has 2 aliphatic rings. The van der Waals surface area contributed by atoms with Crippen LogP contribution in [0.25, 0.3) is 0 Å². The molecule has 1 aromatic carbocycles. The number of hydrogen-bond donors (Lipinski definition) is 2. The summed E-state index contributed by atoms with van der Waals surface area (Å²) in [4.78, 5) is 31.1. The van der Waals surface area contributed by atoms with E-state index in [2.05, 4.69) is 15.6 Å². The first-order valence-corrected chi connectivity index (χ1v) is 10.7. The van der Waals surface area contributed by atoms with Crippen LogP contribution in [0.4, 0.5) is 5.82 Å². The average Bonchev–Trinajstić information content (AvgIpc) is 2.79. The molecule has 1 aromatic heterocycles. The molecule has 9 heteroatoms. The van der Waals surface area contributed by atoms with E-state index in [1.807, 2.05) is 29.2 Å². The van der Waals surface area contributed by atoms with E-state index >= 15 is 0 Å². The van der Waals surface area contributed by atoms with Gasteiger partial charge in [0.25, 0.3) is 0 Å². The third-order valence-electron chi connectivity index (χ3n) is 5.32. The van der Waals surface area contributed by atoms with E-state index in [4.69, 9.17) is 21.1 Å². The number of hydrogen-bond acceptors (Lipinski definition) is 6. The highest BCUT2D eigenvalue weighted by atomic mass is 35.5. The van der Waals surface area contributed by atoms with Gasteiger partial charge in [0.2, 0.25) is 11.8 Å². The first-order valence-electron chi connectivity index (χ1n) is 10.4. The number of nitrogens with one attached hydrogen (secondary N) is 2. The third-order valence-corrected chi connectivity index (χ3v) is 5.54. The summed E-state index contributed by atoms with van der Waals surface area (Å²) in [5.74, 6) is 1.50. The number of ether oxygens (including phenoxy) is 2. The highest BCUT2D eigenvalue weighted by molar-refractivity contribution is 6.30. The average molecular weight is 445 g/mol. The first-order chi connectivity index (χ1) is 15.1. The van der Waals surface area contributed by atoms with E-state index in [1.165, 1.54) is 6.20 Å². The standard InChI is InChI=1S/C22H25ClN4O4/c23-16-7-8-20(24-10-16)26-22(29)15-4-3-9-27(12-15)13-21(28)25-11-17-14-30-18-5-1-2-6-19(18)31-17/h1-2,5-8,10,15,17H,3-4,9,11-14H2,(H,25,28)(H,24,26,29). The van der Waals surface area contributed by atoms with Crippen molar-refractivity contribution in [2.75, 3.05) is 38.1 Å². The van der Waals surface area contributed by atoms with E-state index in [0.717, 1.165) is 25.1 Å². The van der Waals surface area contributed by atoms with Crippen molar-refractivity contribution < 1.29 is 19.1 Å². The van der Waals surface area contributed by atoms with Crippen LogP contribution in [0.15, 0.2) is 42.6 Å². The zero-order chi connectivity index (χ0) is 21.6. The van der Waals surface area contributed by atoms with Crippen molar-refractivity contribution >= 4 is 29.2 Å². The molecule has 2 unspecified atom stereocenters. The van der Waals surface area contributed by atoms with E-state index in [0.29, 0.717) is 36.3 Å². The van der Waals surface area contributed by atoms with Crippen molar-refractivity contribution in [1.29, 1.82) is 0 Å². The molecule has 0 saturated carbocycles. The van der Waals surface area contributed by atoms with E-state index in [9.17, 15) is 9.59 Å². The van der Waals surface area contributed by atoms with E-state index in [-0.39, 0.29) is 30.4 Å². The number of fused-ring (bicyclic) bond motifs is 1. The van der Waals surface area contributed by atoms with Gasteiger partial charge in [-0.25, -0.2) is 4.98 Å². The molecule has 1 fully saturated rings. The van der Waals surface area contributed by atoms with Crippen molar-refractivity contribution in [1.82, 2.24) is 15.2 Å². The van der Waals surface area contributed by atoms with Gasteiger partial charge in [-0.05, 0) is 43.7 Å². The lowest BCUT2D eigenvalue weighted by molar-refractivity contribution is -0.126. The van der Waals surface area contributed by atoms with Crippen molar-refractivity contribution in [2.24, 2.45) is 5.92 Å². The molecule has 1 saturated heterocycles. The van der Waals surface area contributed by atoms with Crippen LogP contribution in [-0.4, -0.2) is 60.6 Å². The lowest BCUT2D eigenvalue weighted by Gasteiger charge is -2.31. The first kappa shape index (κ1) is 21.4. The predicted molar refractivity (Wildman–Crippen MR) is 116 cm³/mol. The molecule has 4 rings (SSSR count). The van der Waals surface area contributed by atoms with Gasteiger partial charge in [0.1, 0.15) is 18.5 Å². The molecule has 164 valence electrons. The van der Waals surface area contributed by atoms with Crippen LogP contribution in [0.3, 0.4) is 0 Å². The number of likely N-dealkylation sites (tertiary alicyclic amines) is 1. The molecule has 0 bridgehead atoms. The molecule has 0 radical (unpaired) electrons. The number of carbonyl (C=O) groups is 2. The van der Waals surface area contributed by atoms with Gasteiger partial charge in [-0.1, -0.05) is 23.7 Å². The third kappa shape index (κ3) is 5.86. The number of amides is 2. The maximum Gasteiger partial charge on any atom is 0.234 e. The van der Waals surface area contributed by atoms with Gasteiger partial charge < -0.3 is 20.1 Å². The molecule has 0 aliphatic carbocycles. The van der Waals surface area contributed by atoms with Crippen LogP contribution in [0.1, 0.15) is 12.8 Å². The maximum absolute atomic E-state index is 12.6. The summed E-state index contributed by atoms with van der Waals surface area (Å²) >= 11 is 5.83. The van der Waals surface area contributed by atoms with Gasteiger partial charge in [0.05, 0.1) is 24.0 Å². The van der Waals surface area contributed by atoms with Crippen molar-refractivity contribution in [2.45, 2.75) is 18.9 Å². The Hall–Kier alpha value is -2.84. The highest BCUT2D eigenvalue weighted by Gasteiger charge is 2.27. The minimum absolute atomic E-state index is 0.0913. The summed E-state index contributed by atoms with van der Waals surface area (Å²) in [6, 6.07) is 10.8. The van der Waals surface area contributed by atoms with Crippen LogP contribution in [-0.2, 0) is 9.59 Å². The summed E-state index contributed by atoms with van der Waals surface area (Å²) in [6.07, 6.45) is 2.90. The molecule has 0 spiro atoms. The van der Waals surface area contributed by atoms with Gasteiger partial charge in [0.15, 0.2) is 11.5 Å². The van der Waals surface area contributed by atoms with E-state index < -0.39 is 0 Å². The molecular formula is C22H25ClN4O4. The number of piperidine rings is 1. The lowest BCUT2D eigenvalue weighted by atomic mass is 9.97. The Morgan fingerprint density at radius 2 is 2.03 bits per heavy atom. The topological polar surface area (TPSA) is 92.8 Å². The summed E-state index contributed by atoms with van der Waals surface area (Å²) in [5, 5.41) is 6.25. The van der Waals surface area contributed by atoms with Crippen molar-refractivity contribution in [3.63, 3.8) is 0 Å². The zero-order valence-electron chi connectivity index (χ0n) is 17.1. The van der Waals surface area contributed by atoms with Crippen LogP contribution >= 0.6 is 11.6 Å². The smallest absolute Gasteiger partial charge is 0.234 e. The largest absolute Gasteiger partial charge is 0.486 e. The summed E-state index contributed by atoms with van der Waals surface area (Å²) < 4.78 is 11.5. The zero-order valence-corrected chi connectivity index (χ0v) is 17.8. The quantitative estimate of drug-likeness (QED) is 0.710. The number of nitrogens with zero attached hydrogens (tertiary/aromatic N) is 2. The molecule has 3 heterocycles. The fourth-order valence-corrected chi connectivity index (χ4v) is 3.85. The Morgan fingerprint density at radius 1 is 1.19 bits per heavy atom. The number of aromatic nitrogens is 1. The van der Waals surface area contributed by atoms with E-state index in [1.54, 1.807) is 12.1 Å². The molecule has 31 heavy (non-hydrogen) atoms. The van der Waals surface area contributed by atoms with Gasteiger partial charge in [-0.15, -0.1) is 0 Å². The molecular weight excluding hydrogens is 420 g/mol. The van der Waals surface area contributed by atoms with Crippen LogP contribution < -0.4 is 20.1 Å². The molecule has 2 amide bonds. The number of anilines is 1. The normalized spacial score (nSPS) is 20.7. The number of halogens is 1. The van der Waals surface area contributed by atoms with Crippen LogP contribution in [0, 0.1) is 5.92 Å². The van der Waals surface area contributed by atoms with Crippen LogP contribution in [0.5, 0.6) is 11.5 Å². The van der Waals surface area contributed by atoms with Gasteiger partial charge in [-0.3, -0.25) is 14.5 Å². The fraction of sp³-hybridized carbons (Fsp3) is 0.409. The Kier molecular flexibility index (Phi) is 6.89. The number of rotatable bonds is 6. The lowest BCUT2D eigenvalue weighted by Crippen LogP contribution is -2.47. The summed E-state index contributed by atoms with van der Waals surface area (Å²) in [6.45, 7) is 2.32. The Bertz CT molecular complexity index is 924. The Labute approximate surface area is 185 Å². The Balaban J connectivity index is 1.21. The molecule has 2 aromatic rings. The highest BCUT2D eigenvalue weighted by Crippen LogP contribution is 2.30. The van der Waals surface area contributed by atoms with Gasteiger partial charge in [-0.2, -0.15) is 0 Å². The summed E-state index contributed by atoms with van der Waals surface area (Å²) in [5.41, 5.74) is 0. The summed E-state index contributed by atoms with van der Waals surface area (Å²) in [7, 11) is 0. The second-order valence-corrected chi connectivity index (χ2v) is 8.16. The number of para-hydroxylation sites is 2. The molecule has 8 nitrogen and oxygen atoms in total. The second-order valence-electron chi connectivity index (χ2n) is 7.73. The van der Waals surface area contributed by atoms with Crippen molar-refractivity contribution in [3.05, 3.63) is 47.6 Å². The van der Waals surface area contributed by atoms with Crippen LogP contribution in [0.2, 0.25) is 5.02 Å². The van der Waals surface area contributed by atoms with Gasteiger partial charge in [0, 0.05) is 12.7 Å².